The summed E-state index contributed by atoms with van der Waals surface area (Å²) >= 11 is 0. The second kappa shape index (κ2) is 3.55. The first kappa shape index (κ1) is 9.70. The fourth-order valence-corrected chi connectivity index (χ4v) is 1.00. The molecule has 2 N–H and O–H groups in total. The third kappa shape index (κ3) is 2.27. The largest absolute Gasteiger partial charge is 0.381 e. The monoisotopic (exact) mass is 185 g/mol. The van der Waals surface area contributed by atoms with E-state index in [1.807, 2.05) is 13.8 Å². The van der Waals surface area contributed by atoms with Gasteiger partial charge in [0, 0.05) is 12.7 Å². The molecule has 0 aromatic carbocycles. The topological polar surface area (TPSA) is 60.9 Å². The van der Waals surface area contributed by atoms with Crippen molar-refractivity contribution in [1.82, 2.24) is 9.55 Å². The Labute approximate surface area is 75.2 Å². The maximum atomic E-state index is 12.9. The highest BCUT2D eigenvalue weighted by Gasteiger charge is 2.05. The summed E-state index contributed by atoms with van der Waals surface area (Å²) in [5.41, 5.74) is 4.61. The van der Waals surface area contributed by atoms with Gasteiger partial charge in [0.25, 0.3) is 0 Å². The van der Waals surface area contributed by atoms with E-state index in [9.17, 15) is 9.18 Å². The maximum Gasteiger partial charge on any atom is 0.349 e. The Bertz CT molecular complexity index is 359. The van der Waals surface area contributed by atoms with E-state index in [1.54, 1.807) is 0 Å². The predicted molar refractivity (Wildman–Crippen MR) is 47.7 cm³/mol. The zero-order valence-electron chi connectivity index (χ0n) is 7.62. The average Bonchev–Trinajstić information content (AvgIpc) is 1.99. The van der Waals surface area contributed by atoms with E-state index < -0.39 is 11.5 Å². The second-order valence-corrected chi connectivity index (χ2v) is 3.30. The molecule has 13 heavy (non-hydrogen) atoms. The molecule has 0 aliphatic heterocycles. The van der Waals surface area contributed by atoms with Crippen LogP contribution in [-0.4, -0.2) is 9.55 Å². The molecule has 1 aromatic rings. The van der Waals surface area contributed by atoms with Crippen molar-refractivity contribution in [3.63, 3.8) is 0 Å². The van der Waals surface area contributed by atoms with Crippen LogP contribution in [0.25, 0.3) is 0 Å². The number of nitrogen functional groups attached to an aromatic ring is 1. The summed E-state index contributed by atoms with van der Waals surface area (Å²) in [6.07, 6.45) is 1.09. The number of hydrogen-bond donors (Lipinski definition) is 1. The van der Waals surface area contributed by atoms with Crippen LogP contribution in [0.5, 0.6) is 0 Å². The molecule has 0 radical (unpaired) electrons. The van der Waals surface area contributed by atoms with Crippen molar-refractivity contribution in [2.45, 2.75) is 20.4 Å². The molecule has 0 amide bonds. The zero-order chi connectivity index (χ0) is 10.0. The van der Waals surface area contributed by atoms with Gasteiger partial charge in [0.2, 0.25) is 0 Å². The van der Waals surface area contributed by atoms with Crippen LogP contribution < -0.4 is 11.4 Å². The number of nitrogens with two attached hydrogens (primary N) is 1. The van der Waals surface area contributed by atoms with Crippen molar-refractivity contribution in [3.05, 3.63) is 22.5 Å². The van der Waals surface area contributed by atoms with Crippen LogP contribution in [0.1, 0.15) is 13.8 Å². The minimum atomic E-state index is -0.653. The molecule has 0 unspecified atom stereocenters. The van der Waals surface area contributed by atoms with Crippen LogP contribution in [0.2, 0.25) is 0 Å². The van der Waals surface area contributed by atoms with Crippen molar-refractivity contribution in [1.29, 1.82) is 0 Å². The van der Waals surface area contributed by atoms with Crippen molar-refractivity contribution in [3.8, 4) is 0 Å². The van der Waals surface area contributed by atoms with Crippen LogP contribution in [0, 0.1) is 11.7 Å². The lowest BCUT2D eigenvalue weighted by Crippen LogP contribution is -2.26. The van der Waals surface area contributed by atoms with E-state index >= 15 is 0 Å². The summed E-state index contributed by atoms with van der Waals surface area (Å²) < 4.78 is 14.1. The summed E-state index contributed by atoms with van der Waals surface area (Å²) in [4.78, 5) is 14.5. The first-order valence-electron chi connectivity index (χ1n) is 4.03. The lowest BCUT2D eigenvalue weighted by molar-refractivity contribution is 0.485. The Morgan fingerprint density at radius 2 is 2.31 bits per heavy atom. The van der Waals surface area contributed by atoms with E-state index in [-0.39, 0.29) is 11.7 Å². The van der Waals surface area contributed by atoms with E-state index in [2.05, 4.69) is 4.98 Å². The van der Waals surface area contributed by atoms with Gasteiger partial charge in [0.05, 0.1) is 0 Å². The molecule has 0 saturated carbocycles. The summed E-state index contributed by atoms with van der Waals surface area (Å²) in [5.74, 6) is -0.729. The quantitative estimate of drug-likeness (QED) is 0.734. The van der Waals surface area contributed by atoms with E-state index in [0.29, 0.717) is 6.54 Å². The average molecular weight is 185 g/mol. The molecular formula is C8H12FN3O. The van der Waals surface area contributed by atoms with Crippen LogP contribution in [0.4, 0.5) is 10.2 Å². The van der Waals surface area contributed by atoms with Gasteiger partial charge < -0.3 is 5.73 Å². The Balaban J connectivity index is 3.09. The Morgan fingerprint density at radius 1 is 1.69 bits per heavy atom. The third-order valence-corrected chi connectivity index (χ3v) is 1.54. The van der Waals surface area contributed by atoms with Crippen LogP contribution >= 0.6 is 0 Å². The molecule has 0 aliphatic carbocycles. The van der Waals surface area contributed by atoms with Crippen LogP contribution in [0.3, 0.4) is 0 Å². The van der Waals surface area contributed by atoms with Gasteiger partial charge in [-0.3, -0.25) is 4.57 Å². The van der Waals surface area contributed by atoms with Crippen molar-refractivity contribution in [2.75, 3.05) is 5.73 Å². The molecular weight excluding hydrogens is 173 g/mol. The van der Waals surface area contributed by atoms with Gasteiger partial charge in [-0.1, -0.05) is 13.8 Å². The normalized spacial score (nSPS) is 10.8. The highest BCUT2D eigenvalue weighted by Crippen LogP contribution is 2.02. The highest BCUT2D eigenvalue weighted by molar-refractivity contribution is 5.26. The molecule has 0 aliphatic rings. The lowest BCUT2D eigenvalue weighted by atomic mass is 10.2. The molecule has 0 atom stereocenters. The first-order valence-corrected chi connectivity index (χ1v) is 4.03. The molecule has 5 heteroatoms. The SMILES string of the molecule is CC(C)Cn1cc(F)c(N)nc1=O. The minimum Gasteiger partial charge on any atom is -0.381 e. The summed E-state index contributed by atoms with van der Waals surface area (Å²) in [6, 6.07) is 0. The number of halogens is 1. The maximum absolute atomic E-state index is 12.9. The predicted octanol–water partition coefficient (Wildman–Crippen LogP) is 0.621. The Morgan fingerprint density at radius 3 is 2.85 bits per heavy atom. The Hall–Kier alpha value is -1.39. The summed E-state index contributed by atoms with van der Waals surface area (Å²) in [7, 11) is 0. The smallest absolute Gasteiger partial charge is 0.349 e. The van der Waals surface area contributed by atoms with Gasteiger partial charge >= 0.3 is 5.69 Å². The fraction of sp³-hybridized carbons (Fsp3) is 0.500. The van der Waals surface area contributed by atoms with Gasteiger partial charge in [-0.15, -0.1) is 0 Å². The third-order valence-electron chi connectivity index (χ3n) is 1.54. The first-order chi connectivity index (χ1) is 6.00. The molecule has 4 nitrogen and oxygen atoms in total. The van der Waals surface area contributed by atoms with E-state index in [0.717, 1.165) is 6.20 Å². The van der Waals surface area contributed by atoms with Crippen molar-refractivity contribution < 1.29 is 4.39 Å². The molecule has 0 saturated heterocycles. The minimum absolute atomic E-state index is 0.266. The molecule has 0 bridgehead atoms. The van der Waals surface area contributed by atoms with E-state index in [4.69, 9.17) is 5.73 Å². The molecule has 0 fully saturated rings. The number of nitrogens with zero attached hydrogens (tertiary/aromatic N) is 2. The van der Waals surface area contributed by atoms with Gasteiger partial charge in [-0.05, 0) is 5.92 Å². The number of anilines is 1. The highest BCUT2D eigenvalue weighted by atomic mass is 19.1. The molecule has 0 spiro atoms. The van der Waals surface area contributed by atoms with Crippen LogP contribution in [-0.2, 0) is 6.54 Å². The van der Waals surface area contributed by atoms with Gasteiger partial charge in [0.15, 0.2) is 11.6 Å². The molecule has 1 heterocycles. The summed E-state index contributed by atoms with van der Waals surface area (Å²) in [5, 5.41) is 0. The van der Waals surface area contributed by atoms with Crippen molar-refractivity contribution >= 4 is 5.82 Å². The number of hydrogen-bond acceptors (Lipinski definition) is 3. The van der Waals surface area contributed by atoms with Gasteiger partial charge in [-0.25, -0.2) is 9.18 Å². The van der Waals surface area contributed by atoms with Gasteiger partial charge in [0.1, 0.15) is 0 Å². The lowest BCUT2D eigenvalue weighted by Gasteiger charge is -2.07. The second-order valence-electron chi connectivity index (χ2n) is 3.30. The zero-order valence-corrected chi connectivity index (χ0v) is 7.62. The van der Waals surface area contributed by atoms with Crippen molar-refractivity contribution in [2.24, 2.45) is 5.92 Å². The molecule has 1 rings (SSSR count). The number of aromatic nitrogens is 2. The van der Waals surface area contributed by atoms with Gasteiger partial charge in [-0.2, -0.15) is 4.98 Å². The summed E-state index contributed by atoms with van der Waals surface area (Å²) in [6.45, 7) is 4.31. The van der Waals surface area contributed by atoms with Crippen LogP contribution in [0.15, 0.2) is 11.0 Å². The molecule has 1 aromatic heterocycles. The standard InChI is InChI=1S/C8H12FN3O/c1-5(2)3-12-4-6(9)7(10)11-8(12)13/h4-5H,3H2,1-2H3,(H2,10,11,13). The number of rotatable bonds is 2. The molecule has 72 valence electrons. The van der Waals surface area contributed by atoms with E-state index in [1.165, 1.54) is 4.57 Å². The fourth-order valence-electron chi connectivity index (χ4n) is 1.00. The Kier molecular flexibility index (Phi) is 2.65.